The van der Waals surface area contributed by atoms with Gasteiger partial charge in [0.1, 0.15) is 0 Å². The normalized spacial score (nSPS) is 11.0. The molecule has 0 radical (unpaired) electrons. The van der Waals surface area contributed by atoms with Crippen LogP contribution in [-0.2, 0) is 0 Å². The van der Waals surface area contributed by atoms with Crippen molar-refractivity contribution >= 4 is 0 Å². The number of nitrogens with zero attached hydrogens (tertiary/aromatic N) is 1. The molecule has 0 atom stereocenters. The summed E-state index contributed by atoms with van der Waals surface area (Å²) < 4.78 is 0. The summed E-state index contributed by atoms with van der Waals surface area (Å²) in [5, 5.41) is 6.86. The van der Waals surface area contributed by atoms with E-state index in [1.54, 1.807) is 0 Å². The number of hydrogen-bond donors (Lipinski definition) is 7. The van der Waals surface area contributed by atoms with Crippen LogP contribution in [0.4, 0.5) is 0 Å². The fourth-order valence-electron chi connectivity index (χ4n) is 2.98. The van der Waals surface area contributed by atoms with Gasteiger partial charge in [-0.1, -0.05) is 0 Å². The second-order valence-corrected chi connectivity index (χ2v) is 7.82. The molecule has 0 aromatic carbocycles. The van der Waals surface area contributed by atoms with Crippen molar-refractivity contribution < 1.29 is 0 Å². The van der Waals surface area contributed by atoms with Gasteiger partial charge in [0.25, 0.3) is 0 Å². The van der Waals surface area contributed by atoms with Crippen molar-refractivity contribution in [1.82, 2.24) is 15.5 Å². The third-order valence-electron chi connectivity index (χ3n) is 4.86. The van der Waals surface area contributed by atoms with Crippen molar-refractivity contribution in [2.24, 2.45) is 28.7 Å². The first-order valence-electron chi connectivity index (χ1n) is 12.4. The van der Waals surface area contributed by atoms with E-state index < -0.39 is 0 Å². The molecule has 8 nitrogen and oxygen atoms in total. The Balaban J connectivity index is 0. The summed E-state index contributed by atoms with van der Waals surface area (Å²) in [5.74, 6) is 0. The predicted octanol–water partition coefficient (Wildman–Crippen LogP) is 0.149. The molecule has 184 valence electrons. The maximum absolute atomic E-state index is 5.49. The number of nitrogens with two attached hydrogens (primary N) is 5. The van der Waals surface area contributed by atoms with Gasteiger partial charge in [-0.25, -0.2) is 0 Å². The average molecular weight is 433 g/mol. The lowest BCUT2D eigenvalue weighted by Crippen LogP contribution is -2.30. The Bertz CT molecular complexity index is 260. The van der Waals surface area contributed by atoms with E-state index in [0.29, 0.717) is 0 Å². The Kier molecular flexibility index (Phi) is 32.8. The predicted molar refractivity (Wildman–Crippen MR) is 134 cm³/mol. The molecule has 0 bridgehead atoms. The van der Waals surface area contributed by atoms with Gasteiger partial charge in [-0.3, -0.25) is 0 Å². The Morgan fingerprint density at radius 2 is 0.667 bits per heavy atom. The van der Waals surface area contributed by atoms with Crippen LogP contribution in [0.25, 0.3) is 0 Å². The van der Waals surface area contributed by atoms with E-state index >= 15 is 0 Å². The zero-order chi connectivity index (χ0) is 22.5. The maximum atomic E-state index is 5.49. The lowest BCUT2D eigenvalue weighted by atomic mass is 10.2. The summed E-state index contributed by atoms with van der Waals surface area (Å²) in [6.07, 6.45) is 11.6. The minimum atomic E-state index is 0.774. The molecule has 0 aromatic rings. The number of nitrogens with one attached hydrogen (secondary N) is 2. The van der Waals surface area contributed by atoms with Gasteiger partial charge in [0, 0.05) is 0 Å². The van der Waals surface area contributed by atoms with Gasteiger partial charge in [0.05, 0.1) is 0 Å². The molecule has 0 heterocycles. The van der Waals surface area contributed by atoms with Crippen molar-refractivity contribution in [3.63, 3.8) is 0 Å². The SMILES string of the molecule is NCCCCN(CCCN)CCCN.NCCCCNCCCCNCCCCN. The molecule has 0 aliphatic rings. The average Bonchev–Trinajstić information content (AvgIpc) is 2.76. The van der Waals surface area contributed by atoms with Crippen LogP contribution < -0.4 is 39.3 Å². The van der Waals surface area contributed by atoms with E-state index in [2.05, 4.69) is 15.5 Å². The smallest absolute Gasteiger partial charge is 0.000671 e. The third-order valence-corrected chi connectivity index (χ3v) is 4.86. The Morgan fingerprint density at radius 3 is 1.03 bits per heavy atom. The molecule has 0 saturated heterocycles. The second-order valence-electron chi connectivity index (χ2n) is 7.82. The molecule has 0 fully saturated rings. The maximum Gasteiger partial charge on any atom is -0.000671 e. The van der Waals surface area contributed by atoms with Gasteiger partial charge in [0.2, 0.25) is 0 Å². The lowest BCUT2D eigenvalue weighted by Gasteiger charge is -2.21. The first-order valence-corrected chi connectivity index (χ1v) is 12.4. The van der Waals surface area contributed by atoms with Crippen LogP contribution in [0.3, 0.4) is 0 Å². The highest BCUT2D eigenvalue weighted by atomic mass is 15.1. The molecule has 0 aromatic heterocycles. The lowest BCUT2D eigenvalue weighted by molar-refractivity contribution is 0.265. The van der Waals surface area contributed by atoms with Crippen LogP contribution >= 0.6 is 0 Å². The summed E-state index contributed by atoms with van der Waals surface area (Å²) in [7, 11) is 0. The molecule has 0 rings (SSSR count). The quantitative estimate of drug-likeness (QED) is 0.112. The summed E-state index contributed by atoms with van der Waals surface area (Å²) in [4.78, 5) is 2.44. The highest BCUT2D eigenvalue weighted by molar-refractivity contribution is 4.59. The first kappa shape index (κ1) is 31.9. The topological polar surface area (TPSA) is 157 Å². The van der Waals surface area contributed by atoms with E-state index in [9.17, 15) is 0 Å². The summed E-state index contributed by atoms with van der Waals surface area (Å²) >= 11 is 0. The van der Waals surface area contributed by atoms with Crippen molar-refractivity contribution in [3.8, 4) is 0 Å². The van der Waals surface area contributed by atoms with Gasteiger partial charge < -0.3 is 44.2 Å². The molecule has 0 aliphatic heterocycles. The van der Waals surface area contributed by atoms with Crippen LogP contribution in [0.1, 0.15) is 64.2 Å². The van der Waals surface area contributed by atoms with E-state index in [0.717, 1.165) is 111 Å². The molecule has 0 amide bonds. The molecular weight excluding hydrogens is 376 g/mol. The minimum absolute atomic E-state index is 0.774. The molecule has 8 heteroatoms. The summed E-state index contributed by atoms with van der Waals surface area (Å²) in [5.41, 5.74) is 27.3. The monoisotopic (exact) mass is 432 g/mol. The molecule has 0 aliphatic carbocycles. The van der Waals surface area contributed by atoms with E-state index in [4.69, 9.17) is 28.7 Å². The van der Waals surface area contributed by atoms with Gasteiger partial charge in [-0.15, -0.1) is 0 Å². The number of hydrogen-bond acceptors (Lipinski definition) is 8. The Labute approximate surface area is 187 Å². The van der Waals surface area contributed by atoms with Crippen LogP contribution in [0.2, 0.25) is 0 Å². The highest BCUT2D eigenvalue weighted by Crippen LogP contribution is 1.97. The van der Waals surface area contributed by atoms with Crippen molar-refractivity contribution in [2.75, 3.05) is 78.5 Å². The van der Waals surface area contributed by atoms with Gasteiger partial charge in [0.15, 0.2) is 0 Å². The standard InChI is InChI=1S/C12H30N4.C10H26N4/c13-7-1-3-9-15-11-5-6-12-16-10-4-2-8-14;11-5-1-2-8-14(9-3-6-12)10-4-7-13/h15-16H,1-14H2;1-13H2. The zero-order valence-corrected chi connectivity index (χ0v) is 19.9. The zero-order valence-electron chi connectivity index (χ0n) is 19.9. The molecule has 0 unspecified atom stereocenters. The first-order chi connectivity index (χ1) is 14.8. The van der Waals surface area contributed by atoms with E-state index in [1.807, 2.05) is 0 Å². The Hall–Kier alpha value is -0.320. The fourth-order valence-corrected chi connectivity index (χ4v) is 2.98. The molecule has 30 heavy (non-hydrogen) atoms. The molecule has 0 saturated carbocycles. The number of unbranched alkanes of at least 4 members (excludes halogenated alkanes) is 4. The van der Waals surface area contributed by atoms with E-state index in [-0.39, 0.29) is 0 Å². The fraction of sp³-hybridized carbons (Fsp3) is 1.00. The van der Waals surface area contributed by atoms with Crippen LogP contribution in [-0.4, -0.2) is 83.4 Å². The Morgan fingerprint density at radius 1 is 0.367 bits per heavy atom. The van der Waals surface area contributed by atoms with Gasteiger partial charge in [-0.05, 0) is 143 Å². The molecule has 0 spiro atoms. The summed E-state index contributed by atoms with van der Waals surface area (Å²) in [6, 6.07) is 0. The van der Waals surface area contributed by atoms with Crippen LogP contribution in [0, 0.1) is 0 Å². The van der Waals surface area contributed by atoms with Crippen molar-refractivity contribution in [2.45, 2.75) is 64.2 Å². The van der Waals surface area contributed by atoms with Gasteiger partial charge in [-0.2, -0.15) is 0 Å². The molecule has 12 N–H and O–H groups in total. The van der Waals surface area contributed by atoms with Gasteiger partial charge >= 0.3 is 0 Å². The van der Waals surface area contributed by atoms with Crippen molar-refractivity contribution in [3.05, 3.63) is 0 Å². The van der Waals surface area contributed by atoms with Crippen LogP contribution in [0.5, 0.6) is 0 Å². The third kappa shape index (κ3) is 29.9. The summed E-state index contributed by atoms with van der Waals surface area (Å²) in [6.45, 7) is 11.8. The minimum Gasteiger partial charge on any atom is -0.330 e. The second kappa shape index (κ2) is 30.9. The van der Waals surface area contributed by atoms with E-state index in [1.165, 1.54) is 32.1 Å². The van der Waals surface area contributed by atoms with Crippen molar-refractivity contribution in [1.29, 1.82) is 0 Å². The highest BCUT2D eigenvalue weighted by Gasteiger charge is 2.02. The van der Waals surface area contributed by atoms with Crippen LogP contribution in [0.15, 0.2) is 0 Å². The largest absolute Gasteiger partial charge is 0.330 e. The molecular formula is C22H56N8. The number of rotatable bonds is 23.